The molecule has 5 nitrogen and oxygen atoms in total. The molecule has 4 aliphatic carbocycles. The van der Waals surface area contributed by atoms with E-state index in [4.69, 9.17) is 4.74 Å². The van der Waals surface area contributed by atoms with Crippen molar-refractivity contribution in [1.29, 1.82) is 0 Å². The fraction of sp³-hybridized carbons (Fsp3) is 0.576. The van der Waals surface area contributed by atoms with Crippen molar-refractivity contribution in [2.24, 2.45) is 10.8 Å². The number of ether oxygens (including phenoxy) is 1. The molecule has 2 aromatic rings. The standard InChI is InChI=1S/C33H37F4NO4/c1-29(34,33(35,36)37)23-6-9-25-22(19-23)5-10-26-32(25,20-21-3-7-24(42-2)8-4-21)17-18-38(26)27(39)30-11-14-31(15-12-30,16-13-30)28(40)41/h3-4,6-9,19,26H,5,10-18,20H2,1-2H3,(H,40,41). The molecule has 1 heterocycles. The fourth-order valence-electron chi connectivity index (χ4n) is 8.51. The Labute approximate surface area is 243 Å². The van der Waals surface area contributed by atoms with Crippen LogP contribution in [-0.4, -0.2) is 47.8 Å². The highest BCUT2D eigenvalue weighted by molar-refractivity contribution is 5.86. The van der Waals surface area contributed by atoms with E-state index >= 15 is 0 Å². The minimum Gasteiger partial charge on any atom is -0.497 e. The lowest BCUT2D eigenvalue weighted by Crippen LogP contribution is -2.56. The highest BCUT2D eigenvalue weighted by Gasteiger charge is 2.60. The van der Waals surface area contributed by atoms with Gasteiger partial charge in [0.05, 0.1) is 12.5 Å². The SMILES string of the molecule is COc1ccc(CC23CCN(C(=O)C45CCC(C(=O)O)(CC4)CC5)C2CCc2cc(C(C)(F)C(F)(F)F)ccc23)cc1. The van der Waals surface area contributed by atoms with E-state index in [1.807, 2.05) is 29.2 Å². The lowest BCUT2D eigenvalue weighted by atomic mass is 9.53. The number of aryl methyl sites for hydroxylation is 1. The van der Waals surface area contributed by atoms with Gasteiger partial charge in [-0.3, -0.25) is 9.59 Å². The summed E-state index contributed by atoms with van der Waals surface area (Å²) in [5, 5.41) is 9.83. The smallest absolute Gasteiger partial charge is 0.426 e. The summed E-state index contributed by atoms with van der Waals surface area (Å²) >= 11 is 0. The third-order valence-corrected chi connectivity index (χ3v) is 11.3. The van der Waals surface area contributed by atoms with E-state index in [1.54, 1.807) is 13.2 Å². The molecule has 4 fully saturated rings. The first kappa shape index (κ1) is 29.0. The Morgan fingerprint density at radius 1 is 0.952 bits per heavy atom. The summed E-state index contributed by atoms with van der Waals surface area (Å²) in [5.41, 5.74) is -3.05. The number of carboxylic acid groups (broad SMARTS) is 1. The van der Waals surface area contributed by atoms with Crippen LogP contribution < -0.4 is 4.74 Å². The van der Waals surface area contributed by atoms with E-state index in [0.717, 1.165) is 11.1 Å². The number of alkyl halides is 4. The van der Waals surface area contributed by atoms with Crippen LogP contribution in [-0.2, 0) is 33.5 Å². The summed E-state index contributed by atoms with van der Waals surface area (Å²) in [6.07, 6.45) is 0.449. The number of carbonyl (C=O) groups excluding carboxylic acids is 1. The topological polar surface area (TPSA) is 66.8 Å². The van der Waals surface area contributed by atoms with E-state index < -0.39 is 39.6 Å². The van der Waals surface area contributed by atoms with Gasteiger partial charge in [-0.05, 0) is 106 Å². The van der Waals surface area contributed by atoms with Crippen LogP contribution in [0.1, 0.15) is 80.5 Å². The Bertz CT molecular complexity index is 1380. The molecule has 42 heavy (non-hydrogen) atoms. The number of carboxylic acids is 1. The molecule has 1 aliphatic heterocycles. The number of fused-ring (bicyclic) bond motifs is 6. The first-order valence-electron chi connectivity index (χ1n) is 14.8. The van der Waals surface area contributed by atoms with Crippen LogP contribution in [0.25, 0.3) is 0 Å². The molecule has 9 heteroatoms. The van der Waals surface area contributed by atoms with Gasteiger partial charge in [-0.1, -0.05) is 30.3 Å². The molecular weight excluding hydrogens is 550 g/mol. The van der Waals surface area contributed by atoms with Gasteiger partial charge in [0, 0.05) is 23.4 Å². The van der Waals surface area contributed by atoms with Crippen molar-refractivity contribution >= 4 is 11.9 Å². The van der Waals surface area contributed by atoms with Gasteiger partial charge in [0.15, 0.2) is 0 Å². The van der Waals surface area contributed by atoms with Gasteiger partial charge < -0.3 is 14.7 Å². The average Bonchev–Trinajstić information content (AvgIpc) is 3.36. The van der Waals surface area contributed by atoms with Crippen LogP contribution in [0.4, 0.5) is 17.6 Å². The number of benzene rings is 2. The molecule has 2 bridgehead atoms. The van der Waals surface area contributed by atoms with Crippen molar-refractivity contribution in [2.45, 2.75) is 94.4 Å². The normalized spacial score (nSPS) is 31.7. The minimum atomic E-state index is -5.03. The molecule has 226 valence electrons. The molecule has 1 saturated heterocycles. The molecule has 7 rings (SSSR count). The average molecular weight is 588 g/mol. The van der Waals surface area contributed by atoms with Crippen molar-refractivity contribution in [3.63, 3.8) is 0 Å². The van der Waals surface area contributed by atoms with Crippen molar-refractivity contribution in [3.05, 3.63) is 64.7 Å². The summed E-state index contributed by atoms with van der Waals surface area (Å²) in [7, 11) is 1.59. The predicted molar refractivity (Wildman–Crippen MR) is 148 cm³/mol. The largest absolute Gasteiger partial charge is 0.497 e. The Morgan fingerprint density at radius 2 is 1.57 bits per heavy atom. The Kier molecular flexibility index (Phi) is 6.70. The summed E-state index contributed by atoms with van der Waals surface area (Å²) in [6.45, 7) is 1.09. The number of halogens is 4. The number of hydrogen-bond acceptors (Lipinski definition) is 3. The van der Waals surface area contributed by atoms with Crippen LogP contribution in [0.15, 0.2) is 42.5 Å². The summed E-state index contributed by atoms with van der Waals surface area (Å²) in [5.74, 6) is 0.0441. The van der Waals surface area contributed by atoms with Crippen molar-refractivity contribution < 1.29 is 37.0 Å². The number of hydrogen-bond donors (Lipinski definition) is 1. The molecule has 3 atom stereocenters. The van der Waals surface area contributed by atoms with E-state index in [2.05, 4.69) is 0 Å². The quantitative estimate of drug-likeness (QED) is 0.374. The second-order valence-corrected chi connectivity index (χ2v) is 13.2. The second kappa shape index (κ2) is 9.71. The molecule has 0 radical (unpaired) electrons. The highest BCUT2D eigenvalue weighted by Crippen LogP contribution is 2.59. The molecule has 0 aromatic heterocycles. The Balaban J connectivity index is 1.37. The van der Waals surface area contributed by atoms with E-state index in [1.165, 1.54) is 12.1 Å². The number of nitrogens with zero attached hydrogens (tertiary/aromatic N) is 1. The lowest BCUT2D eigenvalue weighted by molar-refractivity contribution is -0.228. The van der Waals surface area contributed by atoms with Crippen LogP contribution in [0.3, 0.4) is 0 Å². The summed E-state index contributed by atoms with van der Waals surface area (Å²) in [6, 6.07) is 11.9. The highest BCUT2D eigenvalue weighted by atomic mass is 19.4. The number of amides is 1. The van der Waals surface area contributed by atoms with Crippen LogP contribution in [0.2, 0.25) is 0 Å². The maximum Gasteiger partial charge on any atom is 0.426 e. The van der Waals surface area contributed by atoms with E-state index in [9.17, 15) is 32.3 Å². The maximum absolute atomic E-state index is 15.0. The third-order valence-electron chi connectivity index (χ3n) is 11.3. The number of methoxy groups -OCH3 is 1. The van der Waals surface area contributed by atoms with Crippen LogP contribution >= 0.6 is 0 Å². The number of carbonyl (C=O) groups is 2. The molecular formula is C33H37F4NO4. The predicted octanol–water partition coefficient (Wildman–Crippen LogP) is 6.90. The van der Waals surface area contributed by atoms with Gasteiger partial charge in [0.2, 0.25) is 11.6 Å². The summed E-state index contributed by atoms with van der Waals surface area (Å²) < 4.78 is 61.1. The minimum absolute atomic E-state index is 0.0938. The monoisotopic (exact) mass is 587 g/mol. The number of rotatable bonds is 6. The van der Waals surface area contributed by atoms with Gasteiger partial charge in [0.1, 0.15) is 5.75 Å². The van der Waals surface area contributed by atoms with Gasteiger partial charge in [-0.2, -0.15) is 13.2 Å². The molecule has 2 aromatic carbocycles. The maximum atomic E-state index is 15.0. The van der Waals surface area contributed by atoms with E-state index in [0.29, 0.717) is 89.0 Å². The lowest BCUT2D eigenvalue weighted by Gasteiger charge is -2.52. The van der Waals surface area contributed by atoms with Gasteiger partial charge in [-0.15, -0.1) is 0 Å². The fourth-order valence-corrected chi connectivity index (χ4v) is 8.51. The first-order valence-corrected chi connectivity index (χ1v) is 14.8. The van der Waals surface area contributed by atoms with Gasteiger partial charge >= 0.3 is 12.1 Å². The Hall–Kier alpha value is -3.10. The van der Waals surface area contributed by atoms with Crippen molar-refractivity contribution in [2.75, 3.05) is 13.7 Å². The molecule has 0 spiro atoms. The molecule has 5 aliphatic rings. The second-order valence-electron chi connectivity index (χ2n) is 13.2. The summed E-state index contributed by atoms with van der Waals surface area (Å²) in [4.78, 5) is 28.4. The molecule has 1 N–H and O–H groups in total. The molecule has 3 unspecified atom stereocenters. The van der Waals surface area contributed by atoms with Gasteiger partial charge in [0.25, 0.3) is 0 Å². The van der Waals surface area contributed by atoms with Crippen LogP contribution in [0, 0.1) is 10.8 Å². The third kappa shape index (κ3) is 4.24. The zero-order valence-electron chi connectivity index (χ0n) is 24.0. The van der Waals surface area contributed by atoms with E-state index in [-0.39, 0.29) is 11.9 Å². The zero-order chi connectivity index (χ0) is 30.1. The first-order chi connectivity index (χ1) is 19.8. The van der Waals surface area contributed by atoms with Crippen molar-refractivity contribution in [3.8, 4) is 5.75 Å². The molecule has 1 amide bonds. The van der Waals surface area contributed by atoms with Crippen molar-refractivity contribution in [1.82, 2.24) is 4.90 Å². The number of aliphatic carboxylic acids is 1. The number of likely N-dealkylation sites (tertiary alicyclic amines) is 1. The van der Waals surface area contributed by atoms with Gasteiger partial charge in [-0.25, -0.2) is 4.39 Å². The van der Waals surface area contributed by atoms with Crippen LogP contribution in [0.5, 0.6) is 5.75 Å². The zero-order valence-corrected chi connectivity index (χ0v) is 24.0. The Morgan fingerprint density at radius 3 is 2.14 bits per heavy atom. The molecule has 3 saturated carbocycles.